The number of nitrogens with zero attached hydrogens (tertiary/aromatic N) is 1. The first kappa shape index (κ1) is 22.3. The zero-order chi connectivity index (χ0) is 21.8. The Bertz CT molecular complexity index is 1070. The number of rotatable bonds is 7. The number of nitrogens with one attached hydrogen (secondary N) is 2. The summed E-state index contributed by atoms with van der Waals surface area (Å²) in [7, 11) is 0. The fourth-order valence-electron chi connectivity index (χ4n) is 3.19. The summed E-state index contributed by atoms with van der Waals surface area (Å²) in [5, 5.41) is 5.96. The van der Waals surface area contributed by atoms with E-state index in [0.29, 0.717) is 12.2 Å². The molecule has 30 heavy (non-hydrogen) atoms. The number of aryl methyl sites for hydroxylation is 3. The quantitative estimate of drug-likeness (QED) is 0.445. The maximum atomic E-state index is 12.7. The van der Waals surface area contributed by atoms with Gasteiger partial charge in [-0.15, -0.1) is 11.3 Å². The minimum absolute atomic E-state index is 0.00708. The molecule has 0 bridgehead atoms. The van der Waals surface area contributed by atoms with Crippen LogP contribution in [0.1, 0.15) is 37.0 Å². The van der Waals surface area contributed by atoms with Crippen molar-refractivity contribution in [3.8, 4) is 0 Å². The van der Waals surface area contributed by atoms with Gasteiger partial charge in [0.05, 0.1) is 10.2 Å². The average Bonchev–Trinajstić information content (AvgIpc) is 3.10. The Labute approximate surface area is 185 Å². The van der Waals surface area contributed by atoms with Gasteiger partial charge in [0.15, 0.2) is 4.34 Å². The van der Waals surface area contributed by atoms with Crippen molar-refractivity contribution in [3.63, 3.8) is 0 Å². The highest BCUT2D eigenvalue weighted by molar-refractivity contribution is 8.01. The SMILES string of the molecule is CCC(=O)Nc1ccc2nc(SC[C@@H](C)C(=O)Nc3c(C)cc(C)cc3C)sc2c1. The monoisotopic (exact) mass is 441 g/mol. The fraction of sp³-hybridized carbons (Fsp3) is 0.348. The molecule has 2 aromatic carbocycles. The molecule has 158 valence electrons. The summed E-state index contributed by atoms with van der Waals surface area (Å²) in [5.74, 6) is 0.506. The van der Waals surface area contributed by atoms with Gasteiger partial charge in [-0.05, 0) is 50.1 Å². The molecule has 0 aliphatic heterocycles. The number of anilines is 2. The van der Waals surface area contributed by atoms with E-state index in [-0.39, 0.29) is 17.7 Å². The van der Waals surface area contributed by atoms with Crippen LogP contribution in [0.15, 0.2) is 34.7 Å². The second-order valence-electron chi connectivity index (χ2n) is 7.54. The van der Waals surface area contributed by atoms with Crippen LogP contribution in [0.3, 0.4) is 0 Å². The van der Waals surface area contributed by atoms with Crippen LogP contribution in [0.5, 0.6) is 0 Å². The second kappa shape index (κ2) is 9.62. The predicted molar refractivity (Wildman–Crippen MR) is 128 cm³/mol. The molecular weight excluding hydrogens is 414 g/mol. The van der Waals surface area contributed by atoms with Gasteiger partial charge >= 0.3 is 0 Å². The lowest BCUT2D eigenvalue weighted by atomic mass is 10.0. The number of hydrogen-bond donors (Lipinski definition) is 2. The third kappa shape index (κ3) is 5.40. The molecule has 0 saturated heterocycles. The van der Waals surface area contributed by atoms with Crippen molar-refractivity contribution in [3.05, 3.63) is 47.0 Å². The summed E-state index contributed by atoms with van der Waals surface area (Å²) in [5.41, 5.74) is 5.95. The first-order valence-electron chi connectivity index (χ1n) is 9.98. The summed E-state index contributed by atoms with van der Waals surface area (Å²) in [6.45, 7) is 9.87. The van der Waals surface area contributed by atoms with Crippen molar-refractivity contribution in [2.24, 2.45) is 5.92 Å². The van der Waals surface area contributed by atoms with Crippen molar-refractivity contribution in [1.82, 2.24) is 4.98 Å². The topological polar surface area (TPSA) is 71.1 Å². The van der Waals surface area contributed by atoms with Gasteiger partial charge < -0.3 is 10.6 Å². The Morgan fingerprint density at radius 1 is 1.10 bits per heavy atom. The Kier molecular flexibility index (Phi) is 7.15. The number of hydrogen-bond acceptors (Lipinski definition) is 5. The first-order chi connectivity index (χ1) is 14.3. The molecule has 0 spiro atoms. The molecule has 1 atom stereocenters. The summed E-state index contributed by atoms with van der Waals surface area (Å²) >= 11 is 3.17. The third-order valence-corrected chi connectivity index (χ3v) is 7.22. The molecule has 1 aromatic heterocycles. The zero-order valence-corrected chi connectivity index (χ0v) is 19.6. The third-order valence-electron chi connectivity index (χ3n) is 4.80. The minimum atomic E-state index is -0.151. The van der Waals surface area contributed by atoms with Crippen molar-refractivity contribution < 1.29 is 9.59 Å². The van der Waals surface area contributed by atoms with E-state index in [0.717, 1.165) is 37.1 Å². The fourth-order valence-corrected chi connectivity index (χ4v) is 5.34. The Morgan fingerprint density at radius 2 is 1.80 bits per heavy atom. The maximum absolute atomic E-state index is 12.7. The number of carbonyl (C=O) groups excluding carboxylic acids is 2. The minimum Gasteiger partial charge on any atom is -0.326 e. The van der Waals surface area contributed by atoms with Gasteiger partial charge in [-0.25, -0.2) is 4.98 Å². The van der Waals surface area contributed by atoms with E-state index in [4.69, 9.17) is 0 Å². The van der Waals surface area contributed by atoms with Gasteiger partial charge in [0, 0.05) is 29.5 Å². The van der Waals surface area contributed by atoms with Gasteiger partial charge in [0.25, 0.3) is 0 Å². The van der Waals surface area contributed by atoms with E-state index in [1.54, 1.807) is 23.1 Å². The van der Waals surface area contributed by atoms with E-state index in [9.17, 15) is 9.59 Å². The van der Waals surface area contributed by atoms with E-state index < -0.39 is 0 Å². The van der Waals surface area contributed by atoms with Gasteiger partial charge in [-0.3, -0.25) is 9.59 Å². The highest BCUT2D eigenvalue weighted by Crippen LogP contribution is 2.32. The number of amides is 2. The molecule has 2 amide bonds. The molecule has 0 aliphatic carbocycles. The first-order valence-corrected chi connectivity index (χ1v) is 11.8. The van der Waals surface area contributed by atoms with Gasteiger partial charge in [-0.2, -0.15) is 0 Å². The molecule has 0 radical (unpaired) electrons. The van der Waals surface area contributed by atoms with Crippen molar-refractivity contribution in [1.29, 1.82) is 0 Å². The smallest absolute Gasteiger partial charge is 0.228 e. The van der Waals surface area contributed by atoms with Crippen LogP contribution in [0, 0.1) is 26.7 Å². The van der Waals surface area contributed by atoms with Crippen LogP contribution in [0.25, 0.3) is 10.2 Å². The van der Waals surface area contributed by atoms with Gasteiger partial charge in [0.1, 0.15) is 0 Å². The molecular formula is C23H27N3O2S2. The molecule has 5 nitrogen and oxygen atoms in total. The van der Waals surface area contributed by atoms with Crippen LogP contribution < -0.4 is 10.6 Å². The summed E-state index contributed by atoms with van der Waals surface area (Å²) < 4.78 is 1.95. The Morgan fingerprint density at radius 3 is 2.47 bits per heavy atom. The van der Waals surface area contributed by atoms with E-state index in [2.05, 4.69) is 34.7 Å². The molecule has 0 saturated carbocycles. The van der Waals surface area contributed by atoms with Crippen molar-refractivity contribution in [2.75, 3.05) is 16.4 Å². The largest absolute Gasteiger partial charge is 0.326 e. The van der Waals surface area contributed by atoms with Crippen molar-refractivity contribution in [2.45, 2.75) is 45.4 Å². The van der Waals surface area contributed by atoms with E-state index >= 15 is 0 Å². The maximum Gasteiger partial charge on any atom is 0.228 e. The number of thioether (sulfide) groups is 1. The normalized spacial score (nSPS) is 12.0. The number of fused-ring (bicyclic) bond motifs is 1. The van der Waals surface area contributed by atoms with E-state index in [1.807, 2.05) is 45.9 Å². The molecule has 0 fully saturated rings. The highest BCUT2D eigenvalue weighted by atomic mass is 32.2. The van der Waals surface area contributed by atoms with Crippen LogP contribution in [0.4, 0.5) is 11.4 Å². The standard InChI is InChI=1S/C23H27N3O2S2/c1-6-20(27)24-17-7-8-18-19(11-17)30-23(25-18)29-12-16(5)22(28)26-21-14(3)9-13(2)10-15(21)4/h7-11,16H,6,12H2,1-5H3,(H,24,27)(H,26,28)/t16-/m1/s1. The number of carbonyl (C=O) groups is 2. The lowest BCUT2D eigenvalue weighted by Crippen LogP contribution is -2.23. The predicted octanol–water partition coefficient (Wildman–Crippen LogP) is 5.94. The Hall–Kier alpha value is -2.38. The molecule has 3 rings (SSSR count). The molecule has 0 unspecified atom stereocenters. The van der Waals surface area contributed by atoms with Gasteiger partial charge in [-0.1, -0.05) is 43.3 Å². The average molecular weight is 442 g/mol. The zero-order valence-electron chi connectivity index (χ0n) is 18.0. The highest BCUT2D eigenvalue weighted by Gasteiger charge is 2.17. The van der Waals surface area contributed by atoms with Crippen LogP contribution >= 0.6 is 23.1 Å². The number of benzene rings is 2. The van der Waals surface area contributed by atoms with Crippen molar-refractivity contribution >= 4 is 56.5 Å². The van der Waals surface area contributed by atoms with Crippen LogP contribution in [-0.2, 0) is 9.59 Å². The molecule has 1 heterocycles. The number of aromatic nitrogens is 1. The molecule has 3 aromatic rings. The lowest BCUT2D eigenvalue weighted by Gasteiger charge is -2.16. The molecule has 7 heteroatoms. The summed E-state index contributed by atoms with van der Waals surface area (Å²) in [6, 6.07) is 9.90. The second-order valence-corrected chi connectivity index (χ2v) is 9.84. The summed E-state index contributed by atoms with van der Waals surface area (Å²) in [4.78, 5) is 28.9. The van der Waals surface area contributed by atoms with Crippen LogP contribution in [-0.4, -0.2) is 22.6 Å². The van der Waals surface area contributed by atoms with E-state index in [1.165, 1.54) is 5.56 Å². The lowest BCUT2D eigenvalue weighted by molar-refractivity contribution is -0.119. The Balaban J connectivity index is 1.62. The number of thiazole rings is 1. The van der Waals surface area contributed by atoms with Gasteiger partial charge in [0.2, 0.25) is 11.8 Å². The van der Waals surface area contributed by atoms with Crippen LogP contribution in [0.2, 0.25) is 0 Å². The molecule has 0 aliphatic rings. The molecule has 2 N–H and O–H groups in total. The summed E-state index contributed by atoms with van der Waals surface area (Å²) in [6.07, 6.45) is 0.448.